The summed E-state index contributed by atoms with van der Waals surface area (Å²) in [6, 6.07) is 23.1. The van der Waals surface area contributed by atoms with Gasteiger partial charge in [-0.1, -0.05) is 67.9 Å². The second kappa shape index (κ2) is 14.3. The monoisotopic (exact) mass is 555 g/mol. The van der Waals surface area contributed by atoms with Crippen LogP contribution in [0.2, 0.25) is 0 Å². The van der Waals surface area contributed by atoms with Crippen LogP contribution in [0, 0.1) is 0 Å². The SMILES string of the molecule is CCCCNC(=O)[C@@H](Cc1ccccc1)N(Cc1cccc(OC)c1)C(=O)CCCN1C(=O)c2ccccc2C1=O. The van der Waals surface area contributed by atoms with Crippen LogP contribution >= 0.6 is 0 Å². The maximum absolute atomic E-state index is 13.8. The molecule has 8 nitrogen and oxygen atoms in total. The van der Waals surface area contributed by atoms with Crippen molar-refractivity contribution in [1.82, 2.24) is 15.1 Å². The fourth-order valence-electron chi connectivity index (χ4n) is 5.00. The van der Waals surface area contributed by atoms with Gasteiger partial charge in [0.1, 0.15) is 11.8 Å². The molecule has 214 valence electrons. The van der Waals surface area contributed by atoms with Gasteiger partial charge in [0.25, 0.3) is 11.8 Å². The summed E-state index contributed by atoms with van der Waals surface area (Å²) in [4.78, 5) is 55.8. The van der Waals surface area contributed by atoms with Gasteiger partial charge in [-0.15, -0.1) is 0 Å². The number of benzene rings is 3. The van der Waals surface area contributed by atoms with Crippen LogP contribution in [-0.2, 0) is 22.6 Å². The molecule has 4 amide bonds. The molecule has 0 spiro atoms. The van der Waals surface area contributed by atoms with Crippen LogP contribution < -0.4 is 10.1 Å². The van der Waals surface area contributed by atoms with Crippen LogP contribution in [-0.4, -0.2) is 59.7 Å². The Balaban J connectivity index is 1.54. The number of unbranched alkanes of at least 4 members (excludes halogenated alkanes) is 1. The summed E-state index contributed by atoms with van der Waals surface area (Å²) in [5.74, 6) is -0.463. The van der Waals surface area contributed by atoms with E-state index in [0.717, 1.165) is 24.0 Å². The largest absolute Gasteiger partial charge is 0.497 e. The molecule has 1 aliphatic heterocycles. The highest BCUT2D eigenvalue weighted by Crippen LogP contribution is 2.24. The van der Waals surface area contributed by atoms with Gasteiger partial charge in [0.2, 0.25) is 11.8 Å². The van der Waals surface area contributed by atoms with Crippen LogP contribution in [0.5, 0.6) is 5.75 Å². The number of amides is 4. The van der Waals surface area contributed by atoms with E-state index in [-0.39, 0.29) is 49.6 Å². The first-order valence-electron chi connectivity index (χ1n) is 14.1. The number of carbonyl (C=O) groups is 4. The van der Waals surface area contributed by atoms with Crippen LogP contribution in [0.3, 0.4) is 0 Å². The predicted octanol–water partition coefficient (Wildman–Crippen LogP) is 4.63. The molecular formula is C33H37N3O5. The zero-order chi connectivity index (χ0) is 29.2. The lowest BCUT2D eigenvalue weighted by Crippen LogP contribution is -2.50. The minimum absolute atomic E-state index is 0.0743. The van der Waals surface area contributed by atoms with Gasteiger partial charge in [-0.05, 0) is 48.2 Å². The highest BCUT2D eigenvalue weighted by atomic mass is 16.5. The van der Waals surface area contributed by atoms with E-state index < -0.39 is 6.04 Å². The Morgan fingerprint density at radius 1 is 0.878 bits per heavy atom. The van der Waals surface area contributed by atoms with Crippen LogP contribution in [0.4, 0.5) is 0 Å². The minimum Gasteiger partial charge on any atom is -0.497 e. The van der Waals surface area contributed by atoms with Gasteiger partial charge in [-0.25, -0.2) is 0 Å². The van der Waals surface area contributed by atoms with E-state index in [4.69, 9.17) is 4.74 Å². The molecule has 1 aliphatic rings. The van der Waals surface area contributed by atoms with Crippen molar-refractivity contribution in [1.29, 1.82) is 0 Å². The summed E-state index contributed by atoms with van der Waals surface area (Å²) >= 11 is 0. The lowest BCUT2D eigenvalue weighted by Gasteiger charge is -2.32. The van der Waals surface area contributed by atoms with E-state index >= 15 is 0 Å². The molecule has 8 heteroatoms. The third-order valence-corrected chi connectivity index (χ3v) is 7.24. The smallest absolute Gasteiger partial charge is 0.261 e. The average Bonchev–Trinajstić information content (AvgIpc) is 3.24. The Bertz CT molecular complexity index is 1340. The fourth-order valence-corrected chi connectivity index (χ4v) is 5.00. The molecular weight excluding hydrogens is 518 g/mol. The van der Waals surface area contributed by atoms with Crippen LogP contribution in [0.25, 0.3) is 0 Å². The number of nitrogens with zero attached hydrogens (tertiary/aromatic N) is 2. The molecule has 0 radical (unpaired) electrons. The maximum Gasteiger partial charge on any atom is 0.261 e. The number of carbonyl (C=O) groups excluding carboxylic acids is 4. The number of methoxy groups -OCH3 is 1. The van der Waals surface area contributed by atoms with Crippen molar-refractivity contribution in [3.63, 3.8) is 0 Å². The molecule has 0 aromatic heterocycles. The van der Waals surface area contributed by atoms with Crippen molar-refractivity contribution in [3.8, 4) is 5.75 Å². The van der Waals surface area contributed by atoms with Crippen LogP contribution in [0.1, 0.15) is 64.4 Å². The van der Waals surface area contributed by atoms with Crippen molar-refractivity contribution < 1.29 is 23.9 Å². The molecule has 41 heavy (non-hydrogen) atoms. The zero-order valence-electron chi connectivity index (χ0n) is 23.7. The topological polar surface area (TPSA) is 96.0 Å². The number of fused-ring (bicyclic) bond motifs is 1. The van der Waals surface area contributed by atoms with Gasteiger partial charge >= 0.3 is 0 Å². The number of hydrogen-bond donors (Lipinski definition) is 1. The molecule has 1 atom stereocenters. The molecule has 0 aliphatic carbocycles. The number of rotatable bonds is 14. The summed E-state index contributed by atoms with van der Waals surface area (Å²) in [5.41, 5.74) is 2.54. The molecule has 0 bridgehead atoms. The molecule has 3 aromatic carbocycles. The molecule has 3 aromatic rings. The lowest BCUT2D eigenvalue weighted by molar-refractivity contribution is -0.141. The zero-order valence-corrected chi connectivity index (χ0v) is 23.7. The van der Waals surface area contributed by atoms with Crippen LogP contribution in [0.15, 0.2) is 78.9 Å². The Hall–Kier alpha value is -4.46. The molecule has 0 unspecified atom stereocenters. The van der Waals surface area contributed by atoms with Crippen molar-refractivity contribution in [2.24, 2.45) is 0 Å². The number of ether oxygens (including phenoxy) is 1. The first kappa shape index (κ1) is 29.5. The third kappa shape index (κ3) is 7.39. The standard InChI is InChI=1S/C33H37N3O5/c1-3-4-19-34-31(38)29(22-24-12-6-5-7-13-24)36(23-25-14-10-15-26(21-25)41-2)30(37)18-11-20-35-32(39)27-16-8-9-17-28(27)33(35)40/h5-10,12-17,21,29H,3-4,11,18-20,22-23H2,1-2H3,(H,34,38)/t29-/m1/s1. The highest BCUT2D eigenvalue weighted by molar-refractivity contribution is 6.21. The Kier molecular flexibility index (Phi) is 10.3. The Labute approximate surface area is 241 Å². The van der Waals surface area contributed by atoms with Gasteiger partial charge in [0, 0.05) is 32.5 Å². The number of hydrogen-bond acceptors (Lipinski definition) is 5. The van der Waals surface area contributed by atoms with Gasteiger partial charge < -0.3 is 15.0 Å². The highest BCUT2D eigenvalue weighted by Gasteiger charge is 2.35. The molecule has 1 heterocycles. The molecule has 0 fully saturated rings. The quantitative estimate of drug-likeness (QED) is 0.231. The number of imide groups is 1. The second-order valence-electron chi connectivity index (χ2n) is 10.1. The molecule has 0 saturated carbocycles. The average molecular weight is 556 g/mol. The summed E-state index contributed by atoms with van der Waals surface area (Å²) in [5, 5.41) is 3.02. The summed E-state index contributed by atoms with van der Waals surface area (Å²) in [7, 11) is 1.58. The molecule has 0 saturated heterocycles. The first-order valence-corrected chi connectivity index (χ1v) is 14.1. The van der Waals surface area contributed by atoms with E-state index in [1.807, 2.05) is 54.6 Å². The van der Waals surface area contributed by atoms with Crippen molar-refractivity contribution in [2.75, 3.05) is 20.2 Å². The van der Waals surface area contributed by atoms with Gasteiger partial charge in [-0.3, -0.25) is 24.1 Å². The second-order valence-corrected chi connectivity index (χ2v) is 10.1. The number of nitrogens with one attached hydrogen (secondary N) is 1. The lowest BCUT2D eigenvalue weighted by atomic mass is 10.0. The Morgan fingerprint density at radius 3 is 2.20 bits per heavy atom. The van der Waals surface area contributed by atoms with E-state index in [2.05, 4.69) is 12.2 Å². The predicted molar refractivity (Wildman–Crippen MR) is 156 cm³/mol. The van der Waals surface area contributed by atoms with Gasteiger partial charge in [0.15, 0.2) is 0 Å². The van der Waals surface area contributed by atoms with Crippen molar-refractivity contribution >= 4 is 23.6 Å². The van der Waals surface area contributed by atoms with Crippen molar-refractivity contribution in [3.05, 3.63) is 101 Å². The maximum atomic E-state index is 13.8. The van der Waals surface area contributed by atoms with Crippen molar-refractivity contribution in [2.45, 2.75) is 51.6 Å². The summed E-state index contributed by atoms with van der Waals surface area (Å²) in [6.45, 7) is 2.92. The molecule has 4 rings (SSSR count). The van der Waals surface area contributed by atoms with E-state index in [1.165, 1.54) is 4.90 Å². The van der Waals surface area contributed by atoms with E-state index in [1.54, 1.807) is 36.3 Å². The van der Waals surface area contributed by atoms with E-state index in [9.17, 15) is 19.2 Å². The summed E-state index contributed by atoms with van der Waals surface area (Å²) in [6.07, 6.45) is 2.49. The van der Waals surface area contributed by atoms with E-state index in [0.29, 0.717) is 29.8 Å². The van der Waals surface area contributed by atoms with Gasteiger partial charge in [-0.2, -0.15) is 0 Å². The minimum atomic E-state index is -0.743. The molecule has 1 N–H and O–H groups in total. The third-order valence-electron chi connectivity index (χ3n) is 7.24. The summed E-state index contributed by atoms with van der Waals surface area (Å²) < 4.78 is 5.38. The Morgan fingerprint density at radius 2 is 1.54 bits per heavy atom. The normalized spacial score (nSPS) is 13.1. The first-order chi connectivity index (χ1) is 19.9. The van der Waals surface area contributed by atoms with Gasteiger partial charge in [0.05, 0.1) is 18.2 Å². The fraction of sp³-hybridized carbons (Fsp3) is 0.333.